The van der Waals surface area contributed by atoms with Crippen molar-refractivity contribution >= 4 is 10.0 Å². The number of H-pyrrole nitrogens is 1. The molecule has 0 bridgehead atoms. The SMILES string of the molecule is Cc1ncc(S(=O)(=O)NCCCC2CCCC2)[nH]1. The smallest absolute Gasteiger partial charge is 0.257 e. The Morgan fingerprint density at radius 3 is 2.78 bits per heavy atom. The van der Waals surface area contributed by atoms with E-state index in [0.29, 0.717) is 12.4 Å². The highest BCUT2D eigenvalue weighted by atomic mass is 32.2. The molecule has 1 aromatic rings. The van der Waals surface area contributed by atoms with Crippen LogP contribution in [-0.4, -0.2) is 24.9 Å². The van der Waals surface area contributed by atoms with E-state index < -0.39 is 10.0 Å². The van der Waals surface area contributed by atoms with Gasteiger partial charge in [0.1, 0.15) is 5.82 Å². The zero-order valence-corrected chi connectivity index (χ0v) is 11.6. The van der Waals surface area contributed by atoms with E-state index in [4.69, 9.17) is 0 Å². The van der Waals surface area contributed by atoms with Crippen LogP contribution in [0.4, 0.5) is 0 Å². The third kappa shape index (κ3) is 3.55. The van der Waals surface area contributed by atoms with E-state index in [-0.39, 0.29) is 5.03 Å². The Bertz CT molecular complexity index is 475. The average Bonchev–Trinajstić information content (AvgIpc) is 2.95. The number of hydrogen-bond donors (Lipinski definition) is 2. The number of aromatic amines is 1. The topological polar surface area (TPSA) is 74.8 Å². The highest BCUT2D eigenvalue weighted by molar-refractivity contribution is 7.89. The maximum atomic E-state index is 11.9. The molecule has 0 saturated heterocycles. The standard InChI is InChI=1S/C12H21N3O2S/c1-10-13-9-12(15-10)18(16,17)14-8-4-7-11-5-2-3-6-11/h9,11,14H,2-8H2,1H3,(H,13,15). The molecule has 1 fully saturated rings. The zero-order valence-electron chi connectivity index (χ0n) is 10.8. The Hall–Kier alpha value is -0.880. The summed E-state index contributed by atoms with van der Waals surface area (Å²) >= 11 is 0. The van der Waals surface area contributed by atoms with Gasteiger partial charge in [-0.3, -0.25) is 0 Å². The number of nitrogens with zero attached hydrogens (tertiary/aromatic N) is 1. The predicted octanol–water partition coefficient (Wildman–Crippen LogP) is 1.97. The Labute approximate surface area is 108 Å². The number of aromatic nitrogens is 2. The molecular formula is C12H21N3O2S. The van der Waals surface area contributed by atoms with Gasteiger partial charge in [0.25, 0.3) is 10.0 Å². The first-order chi connectivity index (χ1) is 8.58. The summed E-state index contributed by atoms with van der Waals surface area (Å²) < 4.78 is 26.3. The largest absolute Gasteiger partial charge is 0.332 e. The van der Waals surface area contributed by atoms with Crippen LogP contribution < -0.4 is 4.72 Å². The molecule has 1 aromatic heterocycles. The lowest BCUT2D eigenvalue weighted by Crippen LogP contribution is -2.25. The molecule has 0 aromatic carbocycles. The van der Waals surface area contributed by atoms with Crippen molar-refractivity contribution in [2.24, 2.45) is 5.92 Å². The molecule has 18 heavy (non-hydrogen) atoms. The molecule has 1 aliphatic carbocycles. The van der Waals surface area contributed by atoms with E-state index in [2.05, 4.69) is 14.7 Å². The first kappa shape index (κ1) is 13.5. The maximum absolute atomic E-state index is 11.9. The van der Waals surface area contributed by atoms with Crippen molar-refractivity contribution in [2.75, 3.05) is 6.54 Å². The number of nitrogens with one attached hydrogen (secondary N) is 2. The summed E-state index contributed by atoms with van der Waals surface area (Å²) in [6, 6.07) is 0. The van der Waals surface area contributed by atoms with Crippen molar-refractivity contribution in [1.82, 2.24) is 14.7 Å². The van der Waals surface area contributed by atoms with Crippen LogP contribution in [0.3, 0.4) is 0 Å². The molecule has 1 heterocycles. The lowest BCUT2D eigenvalue weighted by atomic mass is 10.0. The van der Waals surface area contributed by atoms with E-state index in [1.54, 1.807) is 6.92 Å². The second-order valence-corrected chi connectivity index (χ2v) is 6.76. The number of hydrogen-bond acceptors (Lipinski definition) is 3. The summed E-state index contributed by atoms with van der Waals surface area (Å²) in [4.78, 5) is 6.64. The normalized spacial score (nSPS) is 17.4. The number of imidazole rings is 1. The van der Waals surface area contributed by atoms with E-state index >= 15 is 0 Å². The van der Waals surface area contributed by atoms with E-state index in [0.717, 1.165) is 18.8 Å². The van der Waals surface area contributed by atoms with Crippen LogP contribution in [0.2, 0.25) is 0 Å². The third-order valence-corrected chi connectivity index (χ3v) is 4.90. The molecule has 0 amide bonds. The first-order valence-corrected chi connectivity index (χ1v) is 8.07. The van der Waals surface area contributed by atoms with Crippen LogP contribution in [0.25, 0.3) is 0 Å². The van der Waals surface area contributed by atoms with Crippen molar-refractivity contribution in [3.05, 3.63) is 12.0 Å². The van der Waals surface area contributed by atoms with Crippen molar-refractivity contribution in [1.29, 1.82) is 0 Å². The molecule has 0 spiro atoms. The van der Waals surface area contributed by atoms with Crippen LogP contribution in [-0.2, 0) is 10.0 Å². The number of rotatable bonds is 6. The Morgan fingerprint density at radius 2 is 2.17 bits per heavy atom. The van der Waals surface area contributed by atoms with Crippen LogP contribution >= 0.6 is 0 Å². The van der Waals surface area contributed by atoms with E-state index in [1.807, 2.05) is 0 Å². The first-order valence-electron chi connectivity index (χ1n) is 6.59. The van der Waals surface area contributed by atoms with Crippen LogP contribution in [0, 0.1) is 12.8 Å². The molecule has 5 nitrogen and oxygen atoms in total. The summed E-state index contributed by atoms with van der Waals surface area (Å²) in [5.41, 5.74) is 0. The fourth-order valence-electron chi connectivity index (χ4n) is 2.51. The van der Waals surface area contributed by atoms with Crippen molar-refractivity contribution in [3.63, 3.8) is 0 Å². The Morgan fingerprint density at radius 1 is 1.44 bits per heavy atom. The fourth-order valence-corrected chi connectivity index (χ4v) is 3.55. The number of sulfonamides is 1. The van der Waals surface area contributed by atoms with Crippen molar-refractivity contribution < 1.29 is 8.42 Å². The van der Waals surface area contributed by atoms with Gasteiger partial charge in [-0.1, -0.05) is 25.7 Å². The van der Waals surface area contributed by atoms with Gasteiger partial charge in [0, 0.05) is 6.54 Å². The highest BCUT2D eigenvalue weighted by Crippen LogP contribution is 2.28. The summed E-state index contributed by atoms with van der Waals surface area (Å²) in [5, 5.41) is 0.154. The summed E-state index contributed by atoms with van der Waals surface area (Å²) in [7, 11) is -3.40. The van der Waals surface area contributed by atoms with Crippen molar-refractivity contribution in [3.8, 4) is 0 Å². The lowest BCUT2D eigenvalue weighted by Gasteiger charge is -2.09. The molecule has 1 aliphatic rings. The summed E-state index contributed by atoms with van der Waals surface area (Å²) in [5.74, 6) is 1.42. The highest BCUT2D eigenvalue weighted by Gasteiger charge is 2.17. The number of aryl methyl sites for hydroxylation is 1. The van der Waals surface area contributed by atoms with Gasteiger partial charge in [-0.2, -0.15) is 0 Å². The van der Waals surface area contributed by atoms with Gasteiger partial charge in [-0.05, 0) is 25.7 Å². The average molecular weight is 271 g/mol. The molecule has 0 radical (unpaired) electrons. The second kappa shape index (κ2) is 5.84. The van der Waals surface area contributed by atoms with Gasteiger partial charge in [0.15, 0.2) is 5.03 Å². The molecule has 102 valence electrons. The van der Waals surface area contributed by atoms with E-state index in [1.165, 1.54) is 31.9 Å². The lowest BCUT2D eigenvalue weighted by molar-refractivity contribution is 0.480. The van der Waals surface area contributed by atoms with Gasteiger partial charge >= 0.3 is 0 Å². The predicted molar refractivity (Wildman–Crippen MR) is 69.7 cm³/mol. The van der Waals surface area contributed by atoms with Gasteiger partial charge in [0.05, 0.1) is 6.20 Å². The van der Waals surface area contributed by atoms with Gasteiger partial charge in [-0.15, -0.1) is 0 Å². The molecule has 0 atom stereocenters. The monoisotopic (exact) mass is 271 g/mol. The maximum Gasteiger partial charge on any atom is 0.257 e. The molecular weight excluding hydrogens is 250 g/mol. The minimum atomic E-state index is -3.40. The van der Waals surface area contributed by atoms with E-state index in [9.17, 15) is 8.42 Å². The third-order valence-electron chi connectivity index (χ3n) is 3.53. The molecule has 0 unspecified atom stereocenters. The minimum Gasteiger partial charge on any atom is -0.332 e. The van der Waals surface area contributed by atoms with Crippen LogP contribution in [0.5, 0.6) is 0 Å². The summed E-state index contributed by atoms with van der Waals surface area (Å²) in [6.07, 6.45) is 8.70. The molecule has 2 N–H and O–H groups in total. The quantitative estimate of drug-likeness (QED) is 0.777. The molecule has 2 rings (SSSR count). The Balaban J connectivity index is 1.75. The minimum absolute atomic E-state index is 0.154. The summed E-state index contributed by atoms with van der Waals surface area (Å²) in [6.45, 7) is 2.25. The Kier molecular flexibility index (Phi) is 4.40. The van der Waals surface area contributed by atoms with Gasteiger partial charge in [-0.25, -0.2) is 18.1 Å². The second-order valence-electron chi connectivity index (χ2n) is 5.02. The van der Waals surface area contributed by atoms with Gasteiger partial charge < -0.3 is 4.98 Å². The molecule has 0 aliphatic heterocycles. The van der Waals surface area contributed by atoms with Crippen LogP contribution in [0.1, 0.15) is 44.3 Å². The zero-order chi connectivity index (χ0) is 13.0. The molecule has 6 heteroatoms. The fraction of sp³-hybridized carbons (Fsp3) is 0.750. The molecule has 1 saturated carbocycles. The van der Waals surface area contributed by atoms with Crippen LogP contribution in [0.15, 0.2) is 11.2 Å². The van der Waals surface area contributed by atoms with Gasteiger partial charge in [0.2, 0.25) is 0 Å². The van der Waals surface area contributed by atoms with Crippen molar-refractivity contribution in [2.45, 2.75) is 50.5 Å².